The summed E-state index contributed by atoms with van der Waals surface area (Å²) in [5.41, 5.74) is 1.98. The fourth-order valence-corrected chi connectivity index (χ4v) is 5.49. The average molecular weight is 549 g/mol. The first-order valence-corrected chi connectivity index (χ1v) is 12.7. The molecule has 4 atom stereocenters. The number of rotatable bonds is 6. The number of hydrogen-bond acceptors (Lipinski definition) is 4. The van der Waals surface area contributed by atoms with Gasteiger partial charge in [0.05, 0.1) is 19.1 Å². The second-order valence-electron chi connectivity index (χ2n) is 9.17. The van der Waals surface area contributed by atoms with Crippen LogP contribution in [0.15, 0.2) is 89.4 Å². The molecule has 1 heterocycles. The monoisotopic (exact) mass is 548 g/mol. The van der Waals surface area contributed by atoms with Crippen LogP contribution >= 0.6 is 15.9 Å². The minimum atomic E-state index is -0.935. The van der Waals surface area contributed by atoms with E-state index in [4.69, 9.17) is 4.74 Å². The standard InChI is InChI=1S/C29H29BrN2O4/c1-18(2)31-27(33)26-23(19-11-6-4-7-12-19)24(29(35)36-3)25(20-13-8-5-9-14-20)32(26)28(34)21-15-10-16-22(30)17-21/h4-18,23-26H,1-3H3,(H,31,33). The molecular formula is C29H29BrN2O4. The van der Waals surface area contributed by atoms with E-state index in [1.807, 2.05) is 80.6 Å². The number of methoxy groups -OCH3 is 1. The zero-order chi connectivity index (χ0) is 25.8. The van der Waals surface area contributed by atoms with E-state index in [0.29, 0.717) is 5.56 Å². The zero-order valence-corrected chi connectivity index (χ0v) is 22.0. The van der Waals surface area contributed by atoms with Gasteiger partial charge in [-0.15, -0.1) is 0 Å². The van der Waals surface area contributed by atoms with Crippen molar-refractivity contribution in [1.29, 1.82) is 0 Å². The maximum absolute atomic E-state index is 14.2. The molecule has 36 heavy (non-hydrogen) atoms. The molecule has 4 rings (SSSR count). The first-order chi connectivity index (χ1) is 17.3. The second-order valence-corrected chi connectivity index (χ2v) is 10.1. The number of esters is 1. The SMILES string of the molecule is COC(=O)C1C(c2ccccc2)C(C(=O)NC(C)C)N(C(=O)c2cccc(Br)c2)C1c1ccccc1. The van der Waals surface area contributed by atoms with Gasteiger partial charge in [0.25, 0.3) is 5.91 Å². The van der Waals surface area contributed by atoms with Gasteiger partial charge in [0.2, 0.25) is 5.91 Å². The molecule has 2 amide bonds. The normalized spacial score (nSPS) is 21.3. The third-order valence-electron chi connectivity index (χ3n) is 6.47. The van der Waals surface area contributed by atoms with Crippen molar-refractivity contribution in [2.24, 2.45) is 5.92 Å². The number of halogens is 1. The number of amides is 2. The van der Waals surface area contributed by atoms with Gasteiger partial charge in [-0.2, -0.15) is 0 Å². The Kier molecular flexibility index (Phi) is 7.89. The molecule has 0 aromatic heterocycles. The average Bonchev–Trinajstić information content (AvgIpc) is 3.24. The molecule has 0 radical (unpaired) electrons. The molecule has 0 spiro atoms. The van der Waals surface area contributed by atoms with Crippen LogP contribution < -0.4 is 5.32 Å². The highest BCUT2D eigenvalue weighted by molar-refractivity contribution is 9.10. The first-order valence-electron chi connectivity index (χ1n) is 11.9. The van der Waals surface area contributed by atoms with E-state index >= 15 is 0 Å². The molecule has 3 aromatic rings. The molecule has 0 saturated carbocycles. The van der Waals surface area contributed by atoms with Crippen molar-refractivity contribution in [3.05, 3.63) is 106 Å². The fraction of sp³-hybridized carbons (Fsp3) is 0.276. The van der Waals surface area contributed by atoms with Crippen LogP contribution in [0.4, 0.5) is 0 Å². The van der Waals surface area contributed by atoms with Gasteiger partial charge in [-0.05, 0) is 43.2 Å². The summed E-state index contributed by atoms with van der Waals surface area (Å²) in [4.78, 5) is 43.0. The molecule has 0 bridgehead atoms. The quantitative estimate of drug-likeness (QED) is 0.434. The summed E-state index contributed by atoms with van der Waals surface area (Å²) in [6.07, 6.45) is 0. The molecule has 1 aliphatic heterocycles. The highest BCUT2D eigenvalue weighted by atomic mass is 79.9. The Morgan fingerprint density at radius 2 is 1.50 bits per heavy atom. The lowest BCUT2D eigenvalue weighted by Gasteiger charge is -2.32. The van der Waals surface area contributed by atoms with Crippen molar-refractivity contribution >= 4 is 33.7 Å². The maximum Gasteiger partial charge on any atom is 0.311 e. The number of likely N-dealkylation sites (tertiary alicyclic amines) is 1. The van der Waals surface area contributed by atoms with Crippen LogP contribution in [0, 0.1) is 5.92 Å². The molecular weight excluding hydrogens is 520 g/mol. The van der Waals surface area contributed by atoms with Crippen molar-refractivity contribution in [2.75, 3.05) is 7.11 Å². The summed E-state index contributed by atoms with van der Waals surface area (Å²) in [6, 6.07) is 24.1. The van der Waals surface area contributed by atoms with E-state index in [1.54, 1.807) is 23.1 Å². The summed E-state index contributed by atoms with van der Waals surface area (Å²) in [5, 5.41) is 2.99. The minimum absolute atomic E-state index is 0.149. The Balaban J connectivity index is 1.98. The molecule has 1 aliphatic rings. The molecule has 186 valence electrons. The summed E-state index contributed by atoms with van der Waals surface area (Å²) in [7, 11) is 1.34. The summed E-state index contributed by atoms with van der Waals surface area (Å²) >= 11 is 3.45. The third-order valence-corrected chi connectivity index (χ3v) is 6.96. The largest absolute Gasteiger partial charge is 0.469 e. The van der Waals surface area contributed by atoms with Gasteiger partial charge < -0.3 is 15.0 Å². The molecule has 1 fully saturated rings. The molecule has 6 nitrogen and oxygen atoms in total. The fourth-order valence-electron chi connectivity index (χ4n) is 5.09. The van der Waals surface area contributed by atoms with Crippen molar-refractivity contribution in [1.82, 2.24) is 10.2 Å². The van der Waals surface area contributed by atoms with E-state index in [0.717, 1.165) is 15.6 Å². The maximum atomic E-state index is 14.2. The highest BCUT2D eigenvalue weighted by Gasteiger charge is 2.58. The predicted octanol–water partition coefficient (Wildman–Crippen LogP) is 5.11. The Morgan fingerprint density at radius 3 is 2.06 bits per heavy atom. The number of hydrogen-bond donors (Lipinski definition) is 1. The van der Waals surface area contributed by atoms with Gasteiger partial charge >= 0.3 is 5.97 Å². The molecule has 1 N–H and O–H groups in total. The summed E-state index contributed by atoms with van der Waals surface area (Å²) in [6.45, 7) is 3.74. The van der Waals surface area contributed by atoms with E-state index in [1.165, 1.54) is 7.11 Å². The van der Waals surface area contributed by atoms with Gasteiger partial charge in [-0.3, -0.25) is 14.4 Å². The zero-order valence-electron chi connectivity index (χ0n) is 20.4. The number of ether oxygens (including phenoxy) is 1. The number of nitrogens with zero attached hydrogens (tertiary/aromatic N) is 1. The van der Waals surface area contributed by atoms with Gasteiger partial charge in [0.15, 0.2) is 0 Å². The lowest BCUT2D eigenvalue weighted by molar-refractivity contribution is -0.146. The third kappa shape index (κ3) is 5.07. The van der Waals surface area contributed by atoms with Crippen LogP contribution in [0.3, 0.4) is 0 Å². The van der Waals surface area contributed by atoms with Crippen molar-refractivity contribution in [3.8, 4) is 0 Å². The number of benzene rings is 3. The number of carbonyl (C=O) groups is 3. The number of carbonyl (C=O) groups excluding carboxylic acids is 3. The topological polar surface area (TPSA) is 75.7 Å². The molecule has 1 saturated heterocycles. The predicted molar refractivity (Wildman–Crippen MR) is 141 cm³/mol. The van der Waals surface area contributed by atoms with Gasteiger partial charge in [0, 0.05) is 22.0 Å². The van der Waals surface area contributed by atoms with Crippen LogP contribution in [-0.2, 0) is 14.3 Å². The Labute approximate surface area is 219 Å². The van der Waals surface area contributed by atoms with Gasteiger partial charge in [-0.25, -0.2) is 0 Å². The van der Waals surface area contributed by atoms with Crippen LogP contribution in [0.25, 0.3) is 0 Å². The Hall–Kier alpha value is -3.45. The molecule has 3 aromatic carbocycles. The van der Waals surface area contributed by atoms with E-state index in [9.17, 15) is 14.4 Å². The van der Waals surface area contributed by atoms with E-state index in [-0.39, 0.29) is 17.9 Å². The second kappa shape index (κ2) is 11.1. The van der Waals surface area contributed by atoms with E-state index < -0.39 is 29.9 Å². The highest BCUT2D eigenvalue weighted by Crippen LogP contribution is 2.51. The van der Waals surface area contributed by atoms with Crippen molar-refractivity contribution < 1.29 is 19.1 Å². The van der Waals surface area contributed by atoms with Crippen LogP contribution in [0.2, 0.25) is 0 Å². The lowest BCUT2D eigenvalue weighted by Crippen LogP contribution is -2.50. The molecule has 4 unspecified atom stereocenters. The molecule has 0 aliphatic carbocycles. The Bertz CT molecular complexity index is 1230. The van der Waals surface area contributed by atoms with Gasteiger partial charge in [0.1, 0.15) is 6.04 Å². The van der Waals surface area contributed by atoms with E-state index in [2.05, 4.69) is 21.2 Å². The van der Waals surface area contributed by atoms with Crippen molar-refractivity contribution in [3.63, 3.8) is 0 Å². The smallest absolute Gasteiger partial charge is 0.311 e. The van der Waals surface area contributed by atoms with Crippen LogP contribution in [-0.4, -0.2) is 41.9 Å². The Morgan fingerprint density at radius 1 is 0.889 bits per heavy atom. The van der Waals surface area contributed by atoms with Crippen LogP contribution in [0.5, 0.6) is 0 Å². The summed E-state index contributed by atoms with van der Waals surface area (Å²) in [5.74, 6) is -2.52. The molecule has 7 heteroatoms. The van der Waals surface area contributed by atoms with Gasteiger partial charge in [-0.1, -0.05) is 82.7 Å². The van der Waals surface area contributed by atoms with Crippen LogP contribution in [0.1, 0.15) is 47.3 Å². The minimum Gasteiger partial charge on any atom is -0.469 e. The first kappa shape index (κ1) is 25.6. The summed E-state index contributed by atoms with van der Waals surface area (Å²) < 4.78 is 6.03. The lowest BCUT2D eigenvalue weighted by atomic mass is 9.79. The number of nitrogens with one attached hydrogen (secondary N) is 1. The van der Waals surface area contributed by atoms with Crippen molar-refractivity contribution in [2.45, 2.75) is 37.9 Å².